The molecule has 0 unspecified atom stereocenters. The molecule has 0 atom stereocenters. The Hall–Kier alpha value is -2.09. The molecule has 0 N–H and O–H groups in total. The number of nitrogens with zero attached hydrogens (tertiary/aromatic N) is 1. The van der Waals surface area contributed by atoms with Crippen molar-refractivity contribution >= 4 is 11.4 Å². The number of rotatable bonds is 1. The third-order valence-corrected chi connectivity index (χ3v) is 2.84. The molecule has 0 aliphatic carbocycles. The van der Waals surface area contributed by atoms with Crippen LogP contribution >= 0.6 is 0 Å². The molecule has 0 spiro atoms. The van der Waals surface area contributed by atoms with Crippen LogP contribution in [0, 0.1) is 6.92 Å². The Morgan fingerprint density at radius 2 is 1.88 bits per heavy atom. The first kappa shape index (κ1) is 10.1. The quantitative estimate of drug-likeness (QED) is 0.725. The second kappa shape index (κ2) is 4.06. The van der Waals surface area contributed by atoms with E-state index in [1.807, 2.05) is 30.3 Å². The van der Waals surface area contributed by atoms with Crippen LogP contribution in [-0.4, -0.2) is 12.3 Å². The first-order chi connectivity index (χ1) is 8.33. The molecule has 0 saturated carbocycles. The van der Waals surface area contributed by atoms with Crippen LogP contribution in [0.4, 0.5) is 5.69 Å². The molecule has 1 heterocycles. The summed E-state index contributed by atoms with van der Waals surface area (Å²) in [6.45, 7) is 2.60. The molecular weight excluding hydrogens is 210 g/mol. The molecule has 0 amide bonds. The number of benzene rings is 2. The molecule has 0 bridgehead atoms. The minimum absolute atomic E-state index is 0.542. The lowest BCUT2D eigenvalue weighted by molar-refractivity contribution is 0.373. The van der Waals surface area contributed by atoms with E-state index >= 15 is 0 Å². The van der Waals surface area contributed by atoms with E-state index in [9.17, 15) is 0 Å². The highest BCUT2D eigenvalue weighted by Gasteiger charge is 2.13. The molecule has 1 aliphatic heterocycles. The molecule has 2 aromatic carbocycles. The van der Waals surface area contributed by atoms with Gasteiger partial charge in [-0.3, -0.25) is 0 Å². The standard InChI is InChI=1S/C15H13NO/c1-11-7-8-15-13(9-11)16-14(10-17-15)12-5-3-2-4-6-12/h2-9H,10H2,1H3. The number of hydrogen-bond donors (Lipinski definition) is 0. The first-order valence-electron chi connectivity index (χ1n) is 5.69. The van der Waals surface area contributed by atoms with E-state index in [1.54, 1.807) is 0 Å². The van der Waals surface area contributed by atoms with Gasteiger partial charge in [-0.2, -0.15) is 0 Å². The van der Waals surface area contributed by atoms with Crippen molar-refractivity contribution < 1.29 is 4.74 Å². The van der Waals surface area contributed by atoms with E-state index < -0.39 is 0 Å². The molecule has 84 valence electrons. The summed E-state index contributed by atoms with van der Waals surface area (Å²) in [5.74, 6) is 0.871. The van der Waals surface area contributed by atoms with E-state index in [4.69, 9.17) is 4.74 Å². The number of hydrogen-bond acceptors (Lipinski definition) is 2. The smallest absolute Gasteiger partial charge is 0.145 e. The highest BCUT2D eigenvalue weighted by atomic mass is 16.5. The molecule has 1 aliphatic rings. The van der Waals surface area contributed by atoms with Crippen molar-refractivity contribution in [3.8, 4) is 5.75 Å². The van der Waals surface area contributed by atoms with Gasteiger partial charge in [0.1, 0.15) is 18.0 Å². The lowest BCUT2D eigenvalue weighted by Crippen LogP contribution is -2.16. The van der Waals surface area contributed by atoms with Crippen LogP contribution in [0.25, 0.3) is 0 Å². The van der Waals surface area contributed by atoms with Gasteiger partial charge < -0.3 is 4.74 Å². The number of fused-ring (bicyclic) bond motifs is 1. The molecule has 2 nitrogen and oxygen atoms in total. The zero-order valence-corrected chi connectivity index (χ0v) is 9.68. The molecule has 17 heavy (non-hydrogen) atoms. The molecule has 3 rings (SSSR count). The summed E-state index contributed by atoms with van der Waals surface area (Å²) < 4.78 is 5.71. The van der Waals surface area contributed by atoms with Crippen LogP contribution < -0.4 is 4.74 Å². The number of aliphatic imine (C=N–C) groups is 1. The summed E-state index contributed by atoms with van der Waals surface area (Å²) in [5, 5.41) is 0. The fraction of sp³-hybridized carbons (Fsp3) is 0.133. The van der Waals surface area contributed by atoms with Crippen LogP contribution in [0.15, 0.2) is 53.5 Å². The fourth-order valence-corrected chi connectivity index (χ4v) is 1.94. The summed E-state index contributed by atoms with van der Waals surface area (Å²) in [6, 6.07) is 16.2. The van der Waals surface area contributed by atoms with Crippen molar-refractivity contribution in [3.63, 3.8) is 0 Å². The fourth-order valence-electron chi connectivity index (χ4n) is 1.94. The number of ether oxygens (including phenoxy) is 1. The summed E-state index contributed by atoms with van der Waals surface area (Å²) in [5.41, 5.74) is 4.24. The Balaban J connectivity index is 2.05. The van der Waals surface area contributed by atoms with Crippen molar-refractivity contribution in [1.82, 2.24) is 0 Å². The van der Waals surface area contributed by atoms with Gasteiger partial charge in [0.25, 0.3) is 0 Å². The maximum atomic E-state index is 5.71. The van der Waals surface area contributed by atoms with E-state index in [-0.39, 0.29) is 0 Å². The lowest BCUT2D eigenvalue weighted by atomic mass is 10.1. The normalized spacial score (nSPS) is 13.6. The summed E-state index contributed by atoms with van der Waals surface area (Å²) >= 11 is 0. The van der Waals surface area contributed by atoms with Gasteiger partial charge in [0.05, 0.1) is 5.71 Å². The highest BCUT2D eigenvalue weighted by molar-refractivity contribution is 6.04. The van der Waals surface area contributed by atoms with Crippen LogP contribution in [-0.2, 0) is 0 Å². The van der Waals surface area contributed by atoms with Crippen molar-refractivity contribution in [2.24, 2.45) is 4.99 Å². The second-order valence-electron chi connectivity index (χ2n) is 4.18. The Morgan fingerprint density at radius 3 is 2.71 bits per heavy atom. The van der Waals surface area contributed by atoms with Gasteiger partial charge in [-0.1, -0.05) is 36.4 Å². The van der Waals surface area contributed by atoms with E-state index in [0.717, 1.165) is 22.7 Å². The van der Waals surface area contributed by atoms with Gasteiger partial charge in [-0.25, -0.2) is 4.99 Å². The van der Waals surface area contributed by atoms with E-state index in [1.165, 1.54) is 5.56 Å². The molecule has 2 heteroatoms. The molecule has 0 fully saturated rings. The maximum absolute atomic E-state index is 5.71. The maximum Gasteiger partial charge on any atom is 0.145 e. The highest BCUT2D eigenvalue weighted by Crippen LogP contribution is 2.32. The first-order valence-corrected chi connectivity index (χ1v) is 5.69. The topological polar surface area (TPSA) is 21.6 Å². The SMILES string of the molecule is Cc1ccc2c(c1)N=C(c1ccccc1)CO2. The Kier molecular flexibility index (Phi) is 2.41. The van der Waals surface area contributed by atoms with Crippen molar-refractivity contribution in [2.45, 2.75) is 6.92 Å². The van der Waals surface area contributed by atoms with Crippen LogP contribution in [0.2, 0.25) is 0 Å². The van der Waals surface area contributed by atoms with Crippen LogP contribution in [0.3, 0.4) is 0 Å². The van der Waals surface area contributed by atoms with Crippen molar-refractivity contribution in [3.05, 3.63) is 59.7 Å². The number of aryl methyl sites for hydroxylation is 1. The molecular formula is C15H13NO. The van der Waals surface area contributed by atoms with Gasteiger partial charge in [-0.15, -0.1) is 0 Å². The average molecular weight is 223 g/mol. The zero-order valence-electron chi connectivity index (χ0n) is 9.68. The van der Waals surface area contributed by atoms with Gasteiger partial charge in [-0.05, 0) is 30.2 Å². The Labute approximate surface area is 101 Å². The predicted molar refractivity (Wildman–Crippen MR) is 69.3 cm³/mol. The lowest BCUT2D eigenvalue weighted by Gasteiger charge is -2.17. The Morgan fingerprint density at radius 1 is 1.06 bits per heavy atom. The third-order valence-electron chi connectivity index (χ3n) is 2.84. The van der Waals surface area contributed by atoms with Gasteiger partial charge >= 0.3 is 0 Å². The third kappa shape index (κ3) is 1.94. The summed E-state index contributed by atoms with van der Waals surface area (Å²) in [7, 11) is 0. The van der Waals surface area contributed by atoms with Gasteiger partial charge in [0.2, 0.25) is 0 Å². The molecule has 2 aromatic rings. The van der Waals surface area contributed by atoms with E-state index in [2.05, 4.69) is 30.1 Å². The summed E-state index contributed by atoms with van der Waals surface area (Å²) in [4.78, 5) is 4.67. The van der Waals surface area contributed by atoms with Gasteiger partial charge in [0.15, 0.2) is 0 Å². The van der Waals surface area contributed by atoms with Crippen LogP contribution in [0.5, 0.6) is 5.75 Å². The minimum atomic E-state index is 0.542. The molecule has 0 radical (unpaired) electrons. The van der Waals surface area contributed by atoms with Gasteiger partial charge in [0, 0.05) is 0 Å². The average Bonchev–Trinajstić information content (AvgIpc) is 2.39. The van der Waals surface area contributed by atoms with Crippen LogP contribution in [0.1, 0.15) is 11.1 Å². The monoisotopic (exact) mass is 223 g/mol. The molecule has 0 aromatic heterocycles. The zero-order chi connectivity index (χ0) is 11.7. The summed E-state index contributed by atoms with van der Waals surface area (Å²) in [6.07, 6.45) is 0. The predicted octanol–water partition coefficient (Wildman–Crippen LogP) is 3.51. The minimum Gasteiger partial charge on any atom is -0.485 e. The van der Waals surface area contributed by atoms with Crippen molar-refractivity contribution in [1.29, 1.82) is 0 Å². The second-order valence-corrected chi connectivity index (χ2v) is 4.18. The largest absolute Gasteiger partial charge is 0.485 e. The van der Waals surface area contributed by atoms with Crippen molar-refractivity contribution in [2.75, 3.05) is 6.61 Å². The Bertz CT molecular complexity index is 573. The molecule has 0 saturated heterocycles. The van der Waals surface area contributed by atoms with E-state index in [0.29, 0.717) is 6.61 Å².